The molecule has 0 aromatic heterocycles. The number of allylic oxidation sites excluding steroid dienone is 3. The molecule has 0 aromatic rings. The highest BCUT2D eigenvalue weighted by Crippen LogP contribution is 2.38. The second kappa shape index (κ2) is 57.7. The first-order valence-electron chi connectivity index (χ1n) is 33.6. The Labute approximate surface area is 479 Å². The molecule has 1 N–H and O–H groups in total. The van der Waals surface area contributed by atoms with Crippen molar-refractivity contribution in [2.75, 3.05) is 40.9 Å². The number of carbonyl (C=O) groups excluding carboxylic acids is 2. The maximum atomic E-state index is 13.5. The lowest BCUT2D eigenvalue weighted by Gasteiger charge is -2.30. The number of unbranched alkanes of at least 4 members (excludes halogenated alkanes) is 44. The van der Waals surface area contributed by atoms with Gasteiger partial charge < -0.3 is 28.5 Å². The highest BCUT2D eigenvalue weighted by atomic mass is 31.2. The van der Waals surface area contributed by atoms with Crippen LogP contribution in [0.1, 0.15) is 342 Å². The van der Waals surface area contributed by atoms with Gasteiger partial charge >= 0.3 is 5.97 Å². The molecule has 0 aliphatic heterocycles. The maximum Gasteiger partial charge on any atom is 0.306 e. The van der Waals surface area contributed by atoms with Crippen molar-refractivity contribution in [1.82, 2.24) is 5.32 Å². The monoisotopic (exact) mass is 1110 g/mol. The highest BCUT2D eigenvalue weighted by Gasteiger charge is 2.27. The van der Waals surface area contributed by atoms with Gasteiger partial charge in [-0.1, -0.05) is 296 Å². The molecule has 10 heteroatoms. The summed E-state index contributed by atoms with van der Waals surface area (Å²) >= 11 is 0. The van der Waals surface area contributed by atoms with Crippen molar-refractivity contribution in [3.63, 3.8) is 0 Å². The predicted molar refractivity (Wildman–Crippen MR) is 330 cm³/mol. The van der Waals surface area contributed by atoms with E-state index in [-0.39, 0.29) is 31.5 Å². The number of phosphoric ester groups is 1. The standard InChI is InChI=1S/C67H131N2O7P/c1-7-10-13-16-19-22-25-27-28-29-30-31-32-33-34-35-36-37-38-39-40-42-45-48-51-54-57-60-67(71)76-65(58-55-52-49-46-43-24-21-18-15-12-9-3)64(63-75-77(72,73)74-62-61-69(4,5)6)68-66(70)59-56-53-50-47-44-41-26-23-20-17-14-11-8-2/h27-28,55,58,64-65H,7-26,29-54,56-57,59-63H2,1-6H3,(H-,68,70,72,73)/b28-27+,58-55-. The van der Waals surface area contributed by atoms with Gasteiger partial charge in [-0.3, -0.25) is 14.2 Å². The second-order valence-electron chi connectivity index (χ2n) is 24.3. The fraction of sp³-hybridized carbons (Fsp3) is 0.910. The predicted octanol–water partition coefficient (Wildman–Crippen LogP) is 20.3. The lowest BCUT2D eigenvalue weighted by atomic mass is 10.0. The van der Waals surface area contributed by atoms with Crippen molar-refractivity contribution in [3.05, 3.63) is 24.3 Å². The van der Waals surface area contributed by atoms with Gasteiger partial charge in [0.1, 0.15) is 19.3 Å². The quantitative estimate of drug-likeness (QED) is 0.0212. The molecule has 77 heavy (non-hydrogen) atoms. The van der Waals surface area contributed by atoms with Crippen LogP contribution in [-0.2, 0) is 27.9 Å². The number of esters is 1. The van der Waals surface area contributed by atoms with Gasteiger partial charge in [-0.05, 0) is 57.4 Å². The summed E-state index contributed by atoms with van der Waals surface area (Å²) in [7, 11) is 1.20. The average Bonchev–Trinajstić information content (AvgIpc) is 3.39. The summed E-state index contributed by atoms with van der Waals surface area (Å²) in [6.07, 6.45) is 68.8. The molecule has 9 nitrogen and oxygen atoms in total. The van der Waals surface area contributed by atoms with E-state index in [1.165, 1.54) is 250 Å². The van der Waals surface area contributed by atoms with Crippen LogP contribution < -0.4 is 10.2 Å². The number of likely N-dealkylation sites (N-methyl/N-ethyl adjacent to an activating group) is 1. The zero-order valence-electron chi connectivity index (χ0n) is 52.2. The lowest BCUT2D eigenvalue weighted by Crippen LogP contribution is -2.47. The average molecular weight is 1110 g/mol. The smallest absolute Gasteiger partial charge is 0.306 e. The fourth-order valence-electron chi connectivity index (χ4n) is 10.2. The molecule has 3 unspecified atom stereocenters. The number of amides is 1. The van der Waals surface area contributed by atoms with Crippen LogP contribution in [0.25, 0.3) is 0 Å². The zero-order valence-corrected chi connectivity index (χ0v) is 53.1. The van der Waals surface area contributed by atoms with E-state index in [0.717, 1.165) is 57.8 Å². The van der Waals surface area contributed by atoms with Crippen molar-refractivity contribution in [2.45, 2.75) is 354 Å². The summed E-state index contributed by atoms with van der Waals surface area (Å²) in [5.74, 6) is -0.522. The first-order chi connectivity index (χ1) is 37.4. The molecule has 0 rings (SSSR count). The normalized spacial score (nSPS) is 13.7. The third-order valence-corrected chi connectivity index (χ3v) is 16.3. The van der Waals surface area contributed by atoms with Crippen molar-refractivity contribution < 1.29 is 37.3 Å². The Kier molecular flexibility index (Phi) is 56.6. The Morgan fingerprint density at radius 2 is 0.753 bits per heavy atom. The molecular weight excluding hydrogens is 976 g/mol. The molecule has 0 saturated heterocycles. The van der Waals surface area contributed by atoms with Crippen LogP contribution in [0.5, 0.6) is 0 Å². The Hall–Kier alpha value is -1.51. The zero-order chi connectivity index (χ0) is 56.4. The minimum absolute atomic E-state index is 0.0180. The molecule has 0 spiro atoms. The van der Waals surface area contributed by atoms with E-state index < -0.39 is 20.0 Å². The van der Waals surface area contributed by atoms with Crippen molar-refractivity contribution in [3.8, 4) is 0 Å². The molecule has 0 bridgehead atoms. The summed E-state index contributed by atoms with van der Waals surface area (Å²) in [5.41, 5.74) is 0. The van der Waals surface area contributed by atoms with Crippen molar-refractivity contribution in [2.24, 2.45) is 0 Å². The Bertz CT molecular complexity index is 1370. The van der Waals surface area contributed by atoms with Gasteiger partial charge in [0, 0.05) is 12.8 Å². The van der Waals surface area contributed by atoms with Crippen molar-refractivity contribution in [1.29, 1.82) is 0 Å². The van der Waals surface area contributed by atoms with E-state index in [9.17, 15) is 19.0 Å². The summed E-state index contributed by atoms with van der Waals surface area (Å²) in [6.45, 7) is 6.88. The molecule has 0 heterocycles. The van der Waals surface area contributed by atoms with E-state index in [2.05, 4.69) is 38.2 Å². The topological polar surface area (TPSA) is 114 Å². The number of quaternary nitrogens is 1. The number of nitrogens with one attached hydrogen (secondary N) is 1. The Morgan fingerprint density at radius 3 is 1.10 bits per heavy atom. The highest BCUT2D eigenvalue weighted by molar-refractivity contribution is 7.45. The summed E-state index contributed by atoms with van der Waals surface area (Å²) in [4.78, 5) is 40.0. The number of ether oxygens (including phenoxy) is 1. The molecule has 0 saturated carbocycles. The molecule has 0 aliphatic carbocycles. The number of nitrogens with zero attached hydrogens (tertiary/aromatic N) is 1. The summed E-state index contributed by atoms with van der Waals surface area (Å²) in [5, 5.41) is 3.03. The summed E-state index contributed by atoms with van der Waals surface area (Å²) < 4.78 is 30.3. The number of rotatable bonds is 62. The van der Waals surface area contributed by atoms with E-state index in [0.29, 0.717) is 17.4 Å². The molecule has 0 aliphatic rings. The maximum absolute atomic E-state index is 13.5. The van der Waals surface area contributed by atoms with Crippen LogP contribution in [-0.4, -0.2) is 69.4 Å². The molecule has 1 amide bonds. The van der Waals surface area contributed by atoms with Gasteiger partial charge in [-0.25, -0.2) is 0 Å². The van der Waals surface area contributed by atoms with Crippen LogP contribution in [0.3, 0.4) is 0 Å². The lowest BCUT2D eigenvalue weighted by molar-refractivity contribution is -0.870. The third kappa shape index (κ3) is 58.9. The minimum Gasteiger partial charge on any atom is -0.756 e. The van der Waals surface area contributed by atoms with Gasteiger partial charge in [0.2, 0.25) is 5.91 Å². The van der Waals surface area contributed by atoms with Crippen molar-refractivity contribution >= 4 is 19.7 Å². The van der Waals surface area contributed by atoms with Gasteiger partial charge in [-0.15, -0.1) is 0 Å². The fourth-order valence-corrected chi connectivity index (χ4v) is 10.9. The second-order valence-corrected chi connectivity index (χ2v) is 25.7. The first kappa shape index (κ1) is 75.5. The van der Waals surface area contributed by atoms with Crippen LogP contribution in [0.15, 0.2) is 24.3 Å². The number of carbonyl (C=O) groups is 2. The molecule has 3 atom stereocenters. The van der Waals surface area contributed by atoms with E-state index in [1.807, 2.05) is 33.3 Å². The largest absolute Gasteiger partial charge is 0.756 e. The van der Waals surface area contributed by atoms with Crippen LogP contribution in [0, 0.1) is 0 Å². The van der Waals surface area contributed by atoms with Crippen LogP contribution >= 0.6 is 7.82 Å². The van der Waals surface area contributed by atoms with E-state index in [4.69, 9.17) is 13.8 Å². The van der Waals surface area contributed by atoms with Gasteiger partial charge in [0.05, 0.1) is 33.8 Å². The van der Waals surface area contributed by atoms with Gasteiger partial charge in [0.25, 0.3) is 7.82 Å². The van der Waals surface area contributed by atoms with E-state index in [1.54, 1.807) is 0 Å². The minimum atomic E-state index is -4.69. The Morgan fingerprint density at radius 1 is 0.442 bits per heavy atom. The first-order valence-corrected chi connectivity index (χ1v) is 35.1. The van der Waals surface area contributed by atoms with Crippen LogP contribution in [0.4, 0.5) is 0 Å². The van der Waals surface area contributed by atoms with E-state index >= 15 is 0 Å². The Balaban J connectivity index is 4.92. The molecule has 0 aromatic carbocycles. The number of phosphoric acid groups is 1. The molecule has 0 radical (unpaired) electrons. The summed E-state index contributed by atoms with van der Waals surface area (Å²) in [6, 6.07) is -0.881. The third-order valence-electron chi connectivity index (χ3n) is 15.4. The molecule has 0 fully saturated rings. The number of hydrogen-bond acceptors (Lipinski definition) is 7. The SMILES string of the molecule is CCCCCCCC/C=C/CCCCCCCCCCCCCCCCCCCC(=O)OC(/C=C\CCCCCCCCCCC)C(COP(=O)([O-])OCC[N+](C)(C)C)NC(=O)CCCCCCCCCCCCCCC. The number of hydrogen-bond donors (Lipinski definition) is 1. The molecular formula is C67H131N2O7P. The van der Waals surface area contributed by atoms with Crippen LogP contribution in [0.2, 0.25) is 0 Å². The van der Waals surface area contributed by atoms with Gasteiger partial charge in [-0.2, -0.15) is 0 Å². The molecule has 456 valence electrons. The van der Waals surface area contributed by atoms with Gasteiger partial charge in [0.15, 0.2) is 0 Å².